The van der Waals surface area contributed by atoms with Gasteiger partial charge < -0.3 is 0 Å². The number of nitrogens with one attached hydrogen (secondary N) is 1. The number of rotatable bonds is 2. The summed E-state index contributed by atoms with van der Waals surface area (Å²) in [4.78, 5) is 11.2. The number of carbonyl (C=O) groups is 1. The lowest BCUT2D eigenvalue weighted by Gasteiger charge is -1.99. The van der Waals surface area contributed by atoms with E-state index in [-0.39, 0.29) is 27.6 Å². The van der Waals surface area contributed by atoms with E-state index in [9.17, 15) is 4.79 Å². The maximum Gasteiger partial charge on any atom is 0.238 e. The predicted octanol–water partition coefficient (Wildman–Crippen LogP) is 1.57. The van der Waals surface area contributed by atoms with E-state index in [2.05, 4.69) is 5.43 Å². The number of hydrogen-bond donors (Lipinski definition) is 2. The number of carbonyl (C=O) groups excluding carboxylic acids is 1. The van der Waals surface area contributed by atoms with E-state index in [1.54, 1.807) is 6.08 Å². The van der Waals surface area contributed by atoms with E-state index in [4.69, 9.17) is 29.0 Å². The zero-order chi connectivity index (χ0) is 10.2. The second-order valence-corrected chi connectivity index (χ2v) is 4.80. The Labute approximate surface area is 87.2 Å². The zero-order valence-electron chi connectivity index (χ0n) is 7.47. The molecule has 1 rings (SSSR count). The Hall–Kier alpha value is -0.250. The molecule has 0 aromatic carbocycles. The molecule has 13 heavy (non-hydrogen) atoms. The minimum atomic E-state index is -0.166. The quantitative estimate of drug-likeness (QED) is 0.424. The molecule has 0 aromatic rings. The Balaban J connectivity index is 2.72. The minimum absolute atomic E-state index is 0.0843. The van der Waals surface area contributed by atoms with Crippen LogP contribution in [-0.2, 0) is 4.79 Å². The van der Waals surface area contributed by atoms with Crippen LogP contribution in [0.1, 0.15) is 13.8 Å². The number of hydrogen-bond acceptors (Lipinski definition) is 2. The van der Waals surface area contributed by atoms with Gasteiger partial charge in [0.1, 0.15) is 4.49 Å². The molecular formula is C8H12Cl2N2O. The van der Waals surface area contributed by atoms with Crippen molar-refractivity contribution in [2.75, 3.05) is 0 Å². The van der Waals surface area contributed by atoms with E-state index in [1.165, 1.54) is 0 Å². The molecule has 1 aliphatic carbocycles. The second-order valence-electron chi connectivity index (χ2n) is 3.79. The first-order valence-corrected chi connectivity index (χ1v) is 4.70. The van der Waals surface area contributed by atoms with Crippen LogP contribution in [0.4, 0.5) is 0 Å². The first kappa shape index (κ1) is 10.8. The van der Waals surface area contributed by atoms with Gasteiger partial charge in [0.2, 0.25) is 5.91 Å². The number of nitrogens with two attached hydrogens (primary N) is 1. The minimum Gasteiger partial charge on any atom is -0.294 e. The van der Waals surface area contributed by atoms with E-state index in [0.29, 0.717) is 0 Å². The largest absolute Gasteiger partial charge is 0.294 e. The monoisotopic (exact) mass is 222 g/mol. The van der Waals surface area contributed by atoms with Crippen molar-refractivity contribution in [1.29, 1.82) is 0 Å². The number of hydrazine groups is 1. The highest BCUT2D eigenvalue weighted by molar-refractivity contribution is 6.55. The molecule has 1 amide bonds. The molecule has 0 saturated heterocycles. The fraction of sp³-hybridized carbons (Fsp3) is 0.625. The van der Waals surface area contributed by atoms with Crippen LogP contribution >= 0.6 is 23.2 Å². The SMILES string of the molecule is CC1(C)C(C=C(Cl)Cl)C1C(=O)NN. The summed E-state index contributed by atoms with van der Waals surface area (Å²) in [6, 6.07) is 0. The molecule has 0 heterocycles. The third kappa shape index (κ3) is 1.98. The summed E-state index contributed by atoms with van der Waals surface area (Å²) in [5.41, 5.74) is 2.03. The molecule has 5 heteroatoms. The maximum absolute atomic E-state index is 11.2. The van der Waals surface area contributed by atoms with Crippen LogP contribution in [-0.4, -0.2) is 5.91 Å². The summed E-state index contributed by atoms with van der Waals surface area (Å²) in [5, 5.41) is 0. The van der Waals surface area contributed by atoms with Gasteiger partial charge in [-0.2, -0.15) is 0 Å². The summed E-state index contributed by atoms with van der Waals surface area (Å²) in [6.07, 6.45) is 1.68. The molecule has 0 aliphatic heterocycles. The summed E-state index contributed by atoms with van der Waals surface area (Å²) in [5.74, 6) is 4.84. The summed E-state index contributed by atoms with van der Waals surface area (Å²) >= 11 is 11.0. The lowest BCUT2D eigenvalue weighted by molar-refractivity contribution is -0.123. The standard InChI is InChI=1S/C8H12Cl2N2O/c1-8(2)4(3-5(9)10)6(8)7(13)12-11/h3-4,6H,11H2,1-2H3,(H,12,13). The molecule has 1 fully saturated rings. The average Bonchev–Trinajstić information content (AvgIpc) is 2.51. The number of allylic oxidation sites excluding steroid dienone is 1. The van der Waals surface area contributed by atoms with Crippen LogP contribution in [0.2, 0.25) is 0 Å². The van der Waals surface area contributed by atoms with Crippen molar-refractivity contribution in [2.45, 2.75) is 13.8 Å². The van der Waals surface area contributed by atoms with Crippen LogP contribution in [0, 0.1) is 17.3 Å². The van der Waals surface area contributed by atoms with Crippen molar-refractivity contribution < 1.29 is 4.79 Å². The molecular weight excluding hydrogens is 211 g/mol. The van der Waals surface area contributed by atoms with E-state index < -0.39 is 0 Å². The molecule has 0 bridgehead atoms. The lowest BCUT2D eigenvalue weighted by Crippen LogP contribution is -2.32. The zero-order valence-corrected chi connectivity index (χ0v) is 8.99. The summed E-state index contributed by atoms with van der Waals surface area (Å²) in [6.45, 7) is 3.95. The Bertz CT molecular complexity index is 259. The van der Waals surface area contributed by atoms with Crippen molar-refractivity contribution in [3.05, 3.63) is 10.6 Å². The molecule has 74 valence electrons. The highest BCUT2D eigenvalue weighted by atomic mass is 35.5. The molecule has 0 spiro atoms. The summed E-state index contributed by atoms with van der Waals surface area (Å²) < 4.78 is 0.199. The number of halogens is 2. The smallest absolute Gasteiger partial charge is 0.238 e. The molecule has 0 aromatic heterocycles. The average molecular weight is 223 g/mol. The van der Waals surface area contributed by atoms with Crippen LogP contribution in [0.3, 0.4) is 0 Å². The Kier molecular flexibility index (Phi) is 2.90. The highest BCUT2D eigenvalue weighted by Crippen LogP contribution is 2.59. The first-order valence-electron chi connectivity index (χ1n) is 3.94. The first-order chi connectivity index (χ1) is 5.91. The van der Waals surface area contributed by atoms with Crippen LogP contribution < -0.4 is 11.3 Å². The molecule has 3 nitrogen and oxygen atoms in total. The summed E-state index contributed by atoms with van der Waals surface area (Å²) in [7, 11) is 0. The van der Waals surface area contributed by atoms with Crippen LogP contribution in [0.15, 0.2) is 10.6 Å². The third-order valence-electron chi connectivity index (χ3n) is 2.64. The van der Waals surface area contributed by atoms with Crippen molar-refractivity contribution in [1.82, 2.24) is 5.43 Å². The Morgan fingerprint density at radius 1 is 1.54 bits per heavy atom. The van der Waals surface area contributed by atoms with Gasteiger partial charge >= 0.3 is 0 Å². The molecule has 1 aliphatic rings. The van der Waals surface area contributed by atoms with Gasteiger partial charge in [-0.05, 0) is 17.4 Å². The van der Waals surface area contributed by atoms with Crippen LogP contribution in [0.5, 0.6) is 0 Å². The molecule has 1 saturated carbocycles. The van der Waals surface area contributed by atoms with Crippen molar-refractivity contribution >= 4 is 29.1 Å². The second kappa shape index (κ2) is 3.48. The van der Waals surface area contributed by atoms with Gasteiger partial charge in [-0.1, -0.05) is 37.0 Å². The van der Waals surface area contributed by atoms with E-state index in [1.807, 2.05) is 13.8 Å². The molecule has 3 N–H and O–H groups in total. The third-order valence-corrected chi connectivity index (χ3v) is 2.89. The highest BCUT2D eigenvalue weighted by Gasteiger charge is 2.60. The van der Waals surface area contributed by atoms with Crippen molar-refractivity contribution in [2.24, 2.45) is 23.1 Å². The van der Waals surface area contributed by atoms with E-state index in [0.717, 1.165) is 0 Å². The predicted molar refractivity (Wildman–Crippen MR) is 52.9 cm³/mol. The Morgan fingerprint density at radius 3 is 2.46 bits per heavy atom. The van der Waals surface area contributed by atoms with Gasteiger partial charge in [0.25, 0.3) is 0 Å². The molecule has 2 atom stereocenters. The molecule has 0 radical (unpaired) electrons. The number of amides is 1. The van der Waals surface area contributed by atoms with Gasteiger partial charge in [-0.3, -0.25) is 10.2 Å². The topological polar surface area (TPSA) is 55.1 Å². The Morgan fingerprint density at radius 2 is 2.08 bits per heavy atom. The maximum atomic E-state index is 11.2. The van der Waals surface area contributed by atoms with Gasteiger partial charge in [0, 0.05) is 0 Å². The lowest BCUT2D eigenvalue weighted by atomic mass is 10.1. The fourth-order valence-corrected chi connectivity index (χ4v) is 1.99. The van der Waals surface area contributed by atoms with Gasteiger partial charge in [-0.15, -0.1) is 0 Å². The van der Waals surface area contributed by atoms with Gasteiger partial charge in [0.05, 0.1) is 5.92 Å². The van der Waals surface area contributed by atoms with Gasteiger partial charge in [-0.25, -0.2) is 5.84 Å². The van der Waals surface area contributed by atoms with Crippen molar-refractivity contribution in [3.63, 3.8) is 0 Å². The van der Waals surface area contributed by atoms with Crippen molar-refractivity contribution in [3.8, 4) is 0 Å². The van der Waals surface area contributed by atoms with Crippen LogP contribution in [0.25, 0.3) is 0 Å². The molecule has 2 unspecified atom stereocenters. The normalized spacial score (nSPS) is 29.3. The van der Waals surface area contributed by atoms with Gasteiger partial charge in [0.15, 0.2) is 0 Å². The van der Waals surface area contributed by atoms with E-state index >= 15 is 0 Å². The fourth-order valence-electron chi connectivity index (χ4n) is 1.72.